The monoisotopic (exact) mass is 554 g/mol. The summed E-state index contributed by atoms with van der Waals surface area (Å²) < 4.78 is 39.3. The van der Waals surface area contributed by atoms with Gasteiger partial charge < -0.3 is 36.0 Å². The van der Waals surface area contributed by atoms with Gasteiger partial charge in [-0.3, -0.25) is 0 Å². The van der Waals surface area contributed by atoms with E-state index in [0.29, 0.717) is 25.0 Å². The molecule has 7 N–H and O–H groups in total. The molecule has 0 amide bonds. The molecule has 11 heteroatoms. The summed E-state index contributed by atoms with van der Waals surface area (Å²) >= 11 is 0. The predicted octanol–water partition coefficient (Wildman–Crippen LogP) is 3.47. The van der Waals surface area contributed by atoms with E-state index in [9.17, 15) is 38.7 Å². The van der Waals surface area contributed by atoms with Gasteiger partial charge in [-0.1, -0.05) is 50.5 Å². The smallest absolute Gasteiger partial charge is 0.392 e. The summed E-state index contributed by atoms with van der Waals surface area (Å²) in [6, 6.07) is 9.09. The quantitative estimate of drug-likeness (QED) is 0.214. The zero-order chi connectivity index (χ0) is 29.2. The van der Waals surface area contributed by atoms with Gasteiger partial charge in [0.05, 0.1) is 24.2 Å². The molecule has 8 nitrogen and oxygen atoms in total. The van der Waals surface area contributed by atoms with Crippen molar-refractivity contribution in [1.29, 1.82) is 5.41 Å². The molecule has 0 radical (unpaired) electrons. The number of rotatable bonds is 6. The first-order valence-electron chi connectivity index (χ1n) is 12.9. The van der Waals surface area contributed by atoms with Crippen LogP contribution >= 0.6 is 0 Å². The molecule has 0 atom stereocenters. The molecule has 0 spiro atoms. The molecular weight excluding hydrogens is 517 g/mol. The highest BCUT2D eigenvalue weighted by molar-refractivity contribution is 5.96. The van der Waals surface area contributed by atoms with E-state index in [1.165, 1.54) is 12.1 Å². The third kappa shape index (κ3) is 7.04. The Bertz CT molecular complexity index is 1160. The number of likely N-dealkylation sites (tertiary alicyclic amines) is 1. The second-order valence-electron chi connectivity index (χ2n) is 10.4. The Kier molecular flexibility index (Phi) is 9.28. The van der Waals surface area contributed by atoms with Gasteiger partial charge in [-0.25, -0.2) is 0 Å². The van der Waals surface area contributed by atoms with Crippen molar-refractivity contribution in [2.45, 2.75) is 95.5 Å². The first-order valence-corrected chi connectivity index (χ1v) is 12.9. The van der Waals surface area contributed by atoms with Crippen LogP contribution < -0.4 is 0 Å². The number of aliphatic hydroxyl groups is 6. The molecule has 2 aromatic carbocycles. The van der Waals surface area contributed by atoms with Gasteiger partial charge in [0, 0.05) is 12.3 Å². The first-order chi connectivity index (χ1) is 18.0. The van der Waals surface area contributed by atoms with E-state index >= 15 is 0 Å². The number of hydrogen-bond acceptors (Lipinski definition) is 8. The van der Waals surface area contributed by atoms with Gasteiger partial charge >= 0.3 is 6.18 Å². The Hall–Kier alpha value is -2.38. The lowest BCUT2D eigenvalue weighted by atomic mass is 9.77. The molecule has 4 rings (SSSR count). The molecule has 0 aromatic heterocycles. The number of nitrogens with one attached hydrogen (secondary N) is 1. The van der Waals surface area contributed by atoms with Crippen LogP contribution in [0.3, 0.4) is 0 Å². The zero-order valence-electron chi connectivity index (χ0n) is 22.1. The van der Waals surface area contributed by atoms with Gasteiger partial charge in [0.2, 0.25) is 11.8 Å². The average Bonchev–Trinajstić information content (AvgIpc) is 2.86. The molecule has 2 fully saturated rings. The summed E-state index contributed by atoms with van der Waals surface area (Å²) in [5, 5.41) is 65.5. The van der Waals surface area contributed by atoms with Gasteiger partial charge in [-0.05, 0) is 66.1 Å². The van der Waals surface area contributed by atoms with Crippen LogP contribution in [0.1, 0.15) is 85.8 Å². The number of alkyl halides is 3. The number of halogens is 3. The Morgan fingerprint density at radius 2 is 1.54 bits per heavy atom. The van der Waals surface area contributed by atoms with Crippen LogP contribution in [0, 0.1) is 5.41 Å². The van der Waals surface area contributed by atoms with Crippen molar-refractivity contribution in [2.75, 3.05) is 0 Å². The van der Waals surface area contributed by atoms with Crippen LogP contribution in [-0.4, -0.2) is 53.1 Å². The summed E-state index contributed by atoms with van der Waals surface area (Å²) in [7, 11) is 0. The molecule has 1 aliphatic heterocycles. The highest BCUT2D eigenvalue weighted by Gasteiger charge is 2.59. The van der Waals surface area contributed by atoms with Crippen molar-refractivity contribution < 1.29 is 43.8 Å². The molecular formula is C28H37F3N2O6. The van der Waals surface area contributed by atoms with E-state index in [1.807, 2.05) is 13.0 Å². The van der Waals surface area contributed by atoms with Crippen molar-refractivity contribution in [3.8, 4) is 0 Å². The van der Waals surface area contributed by atoms with Crippen LogP contribution in [0.4, 0.5) is 13.2 Å². The van der Waals surface area contributed by atoms with Gasteiger partial charge in [0.1, 0.15) is 0 Å². The van der Waals surface area contributed by atoms with Gasteiger partial charge in [-0.15, -0.1) is 0 Å². The summed E-state index contributed by atoms with van der Waals surface area (Å²) in [6.45, 7) is 3.22. The minimum absolute atomic E-state index is 0.0144. The molecule has 216 valence electrons. The number of aryl methyl sites for hydroxylation is 1. The largest absolute Gasteiger partial charge is 0.416 e. The molecule has 0 unspecified atom stereocenters. The van der Waals surface area contributed by atoms with Gasteiger partial charge in [0.25, 0.3) is 0 Å². The lowest BCUT2D eigenvalue weighted by Gasteiger charge is -2.53. The lowest BCUT2D eigenvalue weighted by Crippen LogP contribution is -2.73. The second-order valence-corrected chi connectivity index (χ2v) is 10.4. The maximum Gasteiger partial charge on any atom is 0.416 e. The first kappa shape index (κ1) is 31.2. The van der Waals surface area contributed by atoms with Crippen molar-refractivity contribution in [1.82, 2.24) is 4.90 Å². The van der Waals surface area contributed by atoms with Crippen LogP contribution in [0.2, 0.25) is 0 Å². The molecule has 1 saturated heterocycles. The van der Waals surface area contributed by atoms with Crippen molar-refractivity contribution in [2.24, 2.45) is 0 Å². The van der Waals surface area contributed by atoms with Gasteiger partial charge in [0.15, 0.2) is 0 Å². The fourth-order valence-electron chi connectivity index (χ4n) is 5.21. The maximum absolute atomic E-state index is 13.1. The maximum atomic E-state index is 13.1. The third-order valence-electron chi connectivity index (χ3n) is 7.44. The van der Waals surface area contributed by atoms with Crippen molar-refractivity contribution in [3.63, 3.8) is 0 Å². The summed E-state index contributed by atoms with van der Waals surface area (Å²) in [5.41, 5.74) is 0.887. The van der Waals surface area contributed by atoms with Crippen molar-refractivity contribution in [3.05, 3.63) is 69.8 Å². The van der Waals surface area contributed by atoms with E-state index < -0.39 is 42.2 Å². The Morgan fingerprint density at radius 1 is 0.923 bits per heavy atom. The average molecular weight is 555 g/mol. The van der Waals surface area contributed by atoms with Crippen LogP contribution in [-0.2, 0) is 31.3 Å². The molecule has 2 aromatic rings. The van der Waals surface area contributed by atoms with Gasteiger partial charge in [-0.2, -0.15) is 18.1 Å². The number of aliphatic hydroxyl groups excluding tert-OH is 1. The lowest BCUT2D eigenvalue weighted by molar-refractivity contribution is -0.485. The fourth-order valence-corrected chi connectivity index (χ4v) is 5.21. The third-order valence-corrected chi connectivity index (χ3v) is 7.44. The summed E-state index contributed by atoms with van der Waals surface area (Å²) in [4.78, 5) is 0.825. The second kappa shape index (κ2) is 11.6. The molecule has 0 bridgehead atoms. The van der Waals surface area contributed by atoms with E-state index in [2.05, 4.69) is 0 Å². The normalized spacial score (nSPS) is 20.0. The standard InChI is InChI=1S/C14H17F3O2.C14H20N2O4/c15-14(16,17)12-8-10(9-18)4-5-11(12)13(19)6-2-1-3-7-13;1-3-10-6-11(9(2)15)4-5-12(10)7-16-13(17,18)8-14(16,19)20/h4-5,8,18-19H,1-3,6-7,9H2;4-6,15,17-20H,3,7-8H2,1-2H3. The number of nitrogens with zero attached hydrogens (tertiary/aromatic N) is 1. The Labute approximate surface area is 225 Å². The SMILES string of the molecule is CCc1cc(C(C)=N)ccc1CN1C(O)(O)CC1(O)O.OCc1ccc(C2(O)CCCCC2)c(C(F)(F)F)c1. The predicted molar refractivity (Wildman–Crippen MR) is 137 cm³/mol. The fraction of sp³-hybridized carbons (Fsp3) is 0.536. The van der Waals surface area contributed by atoms with E-state index in [-0.39, 0.29) is 17.7 Å². The molecule has 1 heterocycles. The van der Waals surface area contributed by atoms with Crippen LogP contribution in [0.5, 0.6) is 0 Å². The minimum Gasteiger partial charge on any atom is -0.392 e. The molecule has 1 aliphatic carbocycles. The molecule has 39 heavy (non-hydrogen) atoms. The van der Waals surface area contributed by atoms with Crippen LogP contribution in [0.15, 0.2) is 36.4 Å². The summed E-state index contributed by atoms with van der Waals surface area (Å²) in [5.74, 6) is -4.41. The topological polar surface area (TPSA) is 148 Å². The Morgan fingerprint density at radius 3 is 2.03 bits per heavy atom. The van der Waals surface area contributed by atoms with Crippen molar-refractivity contribution >= 4 is 5.71 Å². The number of benzene rings is 2. The van der Waals surface area contributed by atoms with E-state index in [1.54, 1.807) is 19.1 Å². The molecule has 1 saturated carbocycles. The van der Waals surface area contributed by atoms with Crippen LogP contribution in [0.25, 0.3) is 0 Å². The highest BCUT2D eigenvalue weighted by Crippen LogP contribution is 2.44. The van der Waals surface area contributed by atoms with E-state index in [0.717, 1.165) is 46.9 Å². The summed E-state index contributed by atoms with van der Waals surface area (Å²) in [6.07, 6.45) is -1.22. The molecule has 2 aliphatic rings. The Balaban J connectivity index is 0.000000216. The van der Waals surface area contributed by atoms with E-state index in [4.69, 9.17) is 10.5 Å². The minimum atomic E-state index is -4.52. The highest BCUT2D eigenvalue weighted by atomic mass is 19.4. The number of hydrogen-bond donors (Lipinski definition) is 7. The zero-order valence-corrected chi connectivity index (χ0v) is 22.1.